The summed E-state index contributed by atoms with van der Waals surface area (Å²) in [5.74, 6) is 1.08. The molecule has 1 unspecified atom stereocenters. The fourth-order valence-electron chi connectivity index (χ4n) is 3.73. The van der Waals surface area contributed by atoms with Crippen molar-refractivity contribution in [2.75, 3.05) is 30.3 Å². The molecule has 1 aliphatic rings. The van der Waals surface area contributed by atoms with E-state index in [1.165, 1.54) is 0 Å². The molecule has 1 saturated heterocycles. The lowest BCUT2D eigenvalue weighted by Gasteiger charge is -2.41. The van der Waals surface area contributed by atoms with Crippen LogP contribution in [0.15, 0.2) is 76.3 Å². The highest BCUT2D eigenvalue weighted by Gasteiger charge is 2.35. The molecule has 2 aromatic carbocycles. The number of carbonyl (C=O) groups excluding carboxylic acids is 1. The number of rotatable bonds is 3. The molecule has 168 valence electrons. The quantitative estimate of drug-likeness (QED) is 0.321. The zero-order valence-corrected chi connectivity index (χ0v) is 18.8. The molecule has 8 nitrogen and oxygen atoms in total. The zero-order chi connectivity index (χ0) is 23.2. The van der Waals surface area contributed by atoms with Crippen molar-refractivity contribution in [1.82, 2.24) is 9.80 Å². The smallest absolute Gasteiger partial charge is 0.322 e. The van der Waals surface area contributed by atoms with E-state index < -0.39 is 0 Å². The number of hydrogen-bond acceptors (Lipinski definition) is 4. The van der Waals surface area contributed by atoms with Crippen LogP contribution in [0.4, 0.5) is 16.2 Å². The number of carbonyl (C=O) groups is 1. The third kappa shape index (κ3) is 5.27. The Morgan fingerprint density at radius 3 is 2.61 bits per heavy atom. The summed E-state index contributed by atoms with van der Waals surface area (Å²) < 4.78 is 5.65. The Balaban J connectivity index is 1.55. The Morgan fingerprint density at radius 1 is 1.12 bits per heavy atom. The van der Waals surface area contributed by atoms with Crippen LogP contribution >= 0.6 is 11.6 Å². The number of aliphatic imine (C=N–C) groups is 1. The second kappa shape index (κ2) is 10.1. The Morgan fingerprint density at radius 2 is 1.91 bits per heavy atom. The number of piperazine rings is 1. The van der Waals surface area contributed by atoms with Gasteiger partial charge in [-0.2, -0.15) is 5.26 Å². The first kappa shape index (κ1) is 22.2. The first-order valence-electron chi connectivity index (χ1n) is 10.5. The van der Waals surface area contributed by atoms with Gasteiger partial charge in [-0.3, -0.25) is 0 Å². The van der Waals surface area contributed by atoms with Crippen molar-refractivity contribution in [3.05, 3.63) is 83.3 Å². The van der Waals surface area contributed by atoms with Gasteiger partial charge in [-0.1, -0.05) is 29.8 Å². The van der Waals surface area contributed by atoms with Gasteiger partial charge >= 0.3 is 6.03 Å². The van der Waals surface area contributed by atoms with Gasteiger partial charge < -0.3 is 24.9 Å². The monoisotopic (exact) mass is 462 g/mol. The minimum Gasteiger partial charge on any atom is -0.467 e. The number of nitrogens with zero attached hydrogens (tertiary/aromatic N) is 4. The Hall–Kier alpha value is -3.96. The predicted octanol–water partition coefficient (Wildman–Crippen LogP) is 5.08. The third-order valence-corrected chi connectivity index (χ3v) is 5.71. The SMILES string of the molecule is Cc1ccccc1N/C(=N/C#N)N1CCN(C(=O)Nc2ccc(Cl)cc2)C(c2ccco2)C1. The molecule has 0 spiro atoms. The van der Waals surface area contributed by atoms with Gasteiger partial charge in [0, 0.05) is 36.0 Å². The van der Waals surface area contributed by atoms with Crippen LogP contribution in [0.2, 0.25) is 5.02 Å². The van der Waals surface area contributed by atoms with Gasteiger partial charge in [-0.15, -0.1) is 4.99 Å². The molecule has 4 rings (SSSR count). The fourth-order valence-corrected chi connectivity index (χ4v) is 3.86. The van der Waals surface area contributed by atoms with Crippen LogP contribution in [0, 0.1) is 18.4 Å². The van der Waals surface area contributed by atoms with E-state index >= 15 is 0 Å². The lowest BCUT2D eigenvalue weighted by molar-refractivity contribution is 0.124. The fraction of sp³-hybridized carbons (Fsp3) is 0.208. The van der Waals surface area contributed by atoms with E-state index in [1.54, 1.807) is 41.5 Å². The van der Waals surface area contributed by atoms with Crippen LogP contribution in [-0.4, -0.2) is 41.4 Å². The number of nitriles is 1. The number of furan rings is 1. The summed E-state index contributed by atoms with van der Waals surface area (Å²) in [6, 6.07) is 17.8. The van der Waals surface area contributed by atoms with Crippen molar-refractivity contribution in [2.24, 2.45) is 4.99 Å². The Bertz CT molecular complexity index is 1170. The highest BCUT2D eigenvalue weighted by atomic mass is 35.5. The maximum atomic E-state index is 13.1. The molecular formula is C24H23ClN6O2. The highest BCUT2D eigenvalue weighted by Crippen LogP contribution is 2.28. The van der Waals surface area contributed by atoms with E-state index in [1.807, 2.05) is 48.3 Å². The maximum Gasteiger partial charge on any atom is 0.322 e. The van der Waals surface area contributed by atoms with E-state index in [0.717, 1.165) is 11.3 Å². The molecule has 0 bridgehead atoms. The molecule has 1 atom stereocenters. The summed E-state index contributed by atoms with van der Waals surface area (Å²) in [6.45, 7) is 3.29. The largest absolute Gasteiger partial charge is 0.467 e. The summed E-state index contributed by atoms with van der Waals surface area (Å²) in [6.07, 6.45) is 3.47. The summed E-state index contributed by atoms with van der Waals surface area (Å²) >= 11 is 5.95. The van der Waals surface area contributed by atoms with Crippen LogP contribution in [0.5, 0.6) is 0 Å². The topological polar surface area (TPSA) is 96.9 Å². The third-order valence-electron chi connectivity index (χ3n) is 5.46. The molecule has 1 aromatic heterocycles. The highest BCUT2D eigenvalue weighted by molar-refractivity contribution is 6.30. The van der Waals surface area contributed by atoms with Crippen molar-refractivity contribution >= 4 is 35.0 Å². The van der Waals surface area contributed by atoms with Crippen molar-refractivity contribution in [3.63, 3.8) is 0 Å². The van der Waals surface area contributed by atoms with Crippen LogP contribution < -0.4 is 10.6 Å². The van der Waals surface area contributed by atoms with E-state index in [4.69, 9.17) is 16.0 Å². The summed E-state index contributed by atoms with van der Waals surface area (Å²) in [7, 11) is 0. The Labute approximate surface area is 197 Å². The molecule has 9 heteroatoms. The number of anilines is 2. The van der Waals surface area contributed by atoms with E-state index in [9.17, 15) is 10.1 Å². The number of para-hydroxylation sites is 1. The molecule has 2 N–H and O–H groups in total. The lowest BCUT2D eigenvalue weighted by atomic mass is 10.1. The molecule has 2 amide bonds. The summed E-state index contributed by atoms with van der Waals surface area (Å²) in [4.78, 5) is 20.8. The number of urea groups is 1. The van der Waals surface area contributed by atoms with Gasteiger partial charge in [0.1, 0.15) is 11.8 Å². The molecule has 33 heavy (non-hydrogen) atoms. The minimum atomic E-state index is -0.372. The first-order chi connectivity index (χ1) is 16.0. The van der Waals surface area contributed by atoms with E-state index in [0.29, 0.717) is 42.1 Å². The van der Waals surface area contributed by atoms with E-state index in [2.05, 4.69) is 15.6 Å². The Kier molecular flexibility index (Phi) is 6.81. The molecular weight excluding hydrogens is 440 g/mol. The molecule has 0 aliphatic carbocycles. The summed E-state index contributed by atoms with van der Waals surface area (Å²) in [5.41, 5.74) is 2.55. The lowest BCUT2D eigenvalue weighted by Crippen LogP contribution is -2.54. The van der Waals surface area contributed by atoms with Crippen LogP contribution in [0.25, 0.3) is 0 Å². The van der Waals surface area contributed by atoms with Crippen molar-refractivity contribution in [1.29, 1.82) is 5.26 Å². The van der Waals surface area contributed by atoms with Crippen molar-refractivity contribution in [2.45, 2.75) is 13.0 Å². The summed E-state index contributed by atoms with van der Waals surface area (Å²) in [5, 5.41) is 16.1. The normalized spacial score (nSPS) is 16.3. The van der Waals surface area contributed by atoms with Gasteiger partial charge in [-0.25, -0.2) is 4.79 Å². The second-order valence-electron chi connectivity index (χ2n) is 7.58. The van der Waals surface area contributed by atoms with Crippen LogP contribution in [0.1, 0.15) is 17.4 Å². The number of benzene rings is 2. The standard InChI is InChI=1S/C24H23ClN6O2/c1-17-5-2-3-6-20(17)29-23(27-16-26)30-12-13-31(21(15-30)22-7-4-14-33-22)24(32)28-19-10-8-18(25)9-11-19/h2-11,14,21H,12-13,15H2,1H3,(H,27,29)(H,28,32). The number of aryl methyl sites for hydroxylation is 1. The number of nitrogens with one attached hydrogen (secondary N) is 2. The zero-order valence-electron chi connectivity index (χ0n) is 18.0. The van der Waals surface area contributed by atoms with Crippen molar-refractivity contribution in [3.8, 4) is 6.19 Å². The molecule has 0 radical (unpaired) electrons. The van der Waals surface area contributed by atoms with Gasteiger partial charge in [0.25, 0.3) is 0 Å². The molecule has 2 heterocycles. The average Bonchev–Trinajstić information content (AvgIpc) is 3.36. The molecule has 1 aliphatic heterocycles. The number of hydrogen-bond donors (Lipinski definition) is 2. The van der Waals surface area contributed by atoms with Gasteiger partial charge in [0.15, 0.2) is 0 Å². The minimum absolute atomic E-state index is 0.246. The van der Waals surface area contributed by atoms with E-state index in [-0.39, 0.29) is 12.1 Å². The molecule has 1 fully saturated rings. The van der Waals surface area contributed by atoms with Gasteiger partial charge in [0.2, 0.25) is 12.2 Å². The maximum absolute atomic E-state index is 13.1. The second-order valence-corrected chi connectivity index (χ2v) is 8.02. The number of halogens is 1. The van der Waals surface area contributed by atoms with Crippen LogP contribution in [0.3, 0.4) is 0 Å². The first-order valence-corrected chi connectivity index (χ1v) is 10.8. The van der Waals surface area contributed by atoms with Gasteiger partial charge in [0.05, 0.1) is 6.26 Å². The number of guanidine groups is 1. The molecule has 0 saturated carbocycles. The van der Waals surface area contributed by atoms with Crippen LogP contribution in [-0.2, 0) is 0 Å². The van der Waals surface area contributed by atoms with Gasteiger partial charge in [-0.05, 0) is 55.0 Å². The predicted molar refractivity (Wildman–Crippen MR) is 128 cm³/mol. The molecule has 3 aromatic rings. The van der Waals surface area contributed by atoms with Crippen molar-refractivity contribution < 1.29 is 9.21 Å². The number of amides is 2. The average molecular weight is 463 g/mol.